The Bertz CT molecular complexity index is 1210. The van der Waals surface area contributed by atoms with Gasteiger partial charge in [-0.2, -0.15) is 4.98 Å². The highest BCUT2D eigenvalue weighted by molar-refractivity contribution is 5.96. The summed E-state index contributed by atoms with van der Waals surface area (Å²) in [6, 6.07) is 15.6. The molecular formula is C21H16N4O3. The molecule has 0 saturated heterocycles. The van der Waals surface area contributed by atoms with Crippen LogP contribution < -0.4 is 11.2 Å². The molecule has 0 amide bonds. The summed E-state index contributed by atoms with van der Waals surface area (Å²) < 4.78 is 2.62. The van der Waals surface area contributed by atoms with Crippen LogP contribution in [0.25, 0.3) is 11.4 Å². The molecule has 0 atom stereocenters. The lowest BCUT2D eigenvalue weighted by Crippen LogP contribution is -2.38. The van der Waals surface area contributed by atoms with Gasteiger partial charge in [0.15, 0.2) is 11.6 Å². The molecule has 7 nitrogen and oxygen atoms in total. The van der Waals surface area contributed by atoms with Gasteiger partial charge in [0.25, 0.3) is 5.56 Å². The molecular weight excluding hydrogens is 356 g/mol. The number of hydrogen-bond acceptors (Lipinski definition) is 5. The molecule has 0 fully saturated rings. The maximum Gasteiger partial charge on any atom is 0.352 e. The van der Waals surface area contributed by atoms with Crippen molar-refractivity contribution in [2.24, 2.45) is 0 Å². The molecule has 2 aliphatic rings. The molecule has 3 heterocycles. The van der Waals surface area contributed by atoms with Gasteiger partial charge in [-0.1, -0.05) is 30.3 Å². The Labute approximate surface area is 159 Å². The average Bonchev–Trinajstić information content (AvgIpc) is 2.73. The Morgan fingerprint density at radius 1 is 0.929 bits per heavy atom. The van der Waals surface area contributed by atoms with Gasteiger partial charge in [-0.15, -0.1) is 0 Å². The van der Waals surface area contributed by atoms with E-state index in [9.17, 15) is 14.4 Å². The zero-order valence-corrected chi connectivity index (χ0v) is 14.9. The number of nitrogens with zero attached hydrogens (tertiary/aromatic N) is 4. The van der Waals surface area contributed by atoms with E-state index in [-0.39, 0.29) is 30.3 Å². The largest absolute Gasteiger partial charge is 0.352 e. The van der Waals surface area contributed by atoms with Gasteiger partial charge in [0.1, 0.15) is 0 Å². The molecule has 0 bridgehead atoms. The van der Waals surface area contributed by atoms with E-state index in [1.54, 1.807) is 67.1 Å². The summed E-state index contributed by atoms with van der Waals surface area (Å²) >= 11 is 0. The van der Waals surface area contributed by atoms with Gasteiger partial charge < -0.3 is 4.57 Å². The molecule has 2 aliphatic heterocycles. The highest BCUT2D eigenvalue weighted by Crippen LogP contribution is 2.14. The third-order valence-electron chi connectivity index (χ3n) is 4.45. The molecule has 0 spiro atoms. The molecule has 0 saturated carbocycles. The third kappa shape index (κ3) is 3.37. The first-order valence-corrected chi connectivity index (χ1v) is 8.70. The second-order valence-corrected chi connectivity index (χ2v) is 6.30. The van der Waals surface area contributed by atoms with E-state index in [1.165, 1.54) is 4.57 Å². The topological polar surface area (TPSA) is 86.9 Å². The second-order valence-electron chi connectivity index (χ2n) is 6.30. The Kier molecular flexibility index (Phi) is 4.63. The number of carbonyl (C=O) groups is 1. The van der Waals surface area contributed by atoms with Crippen LogP contribution in [0.1, 0.15) is 15.9 Å². The summed E-state index contributed by atoms with van der Waals surface area (Å²) in [4.78, 5) is 45.9. The summed E-state index contributed by atoms with van der Waals surface area (Å²) in [5.41, 5.74) is 0.533. The lowest BCUT2D eigenvalue weighted by atomic mass is 10.1. The molecule has 1 aromatic carbocycles. The number of rotatable bonds is 5. The normalized spacial score (nSPS) is 10.9. The van der Waals surface area contributed by atoms with E-state index in [0.717, 1.165) is 10.1 Å². The monoisotopic (exact) mass is 372 g/mol. The van der Waals surface area contributed by atoms with E-state index in [0.29, 0.717) is 5.56 Å². The Hall–Kier alpha value is -3.87. The molecule has 0 radical (unpaired) electrons. The SMILES string of the molecule is O=C(Cn1cccc2c(=O)n(Cc3ccncc3)c(=O)nc1-2)c1ccccc1. The first-order valence-electron chi connectivity index (χ1n) is 8.70. The van der Waals surface area contributed by atoms with E-state index >= 15 is 0 Å². The summed E-state index contributed by atoms with van der Waals surface area (Å²) in [6.07, 6.45) is 4.84. The average molecular weight is 372 g/mol. The number of carbonyl (C=O) groups excluding carboxylic acids is 1. The minimum Gasteiger partial charge on any atom is -0.324 e. The van der Waals surface area contributed by atoms with Crippen molar-refractivity contribution in [3.8, 4) is 11.4 Å². The fraction of sp³-hybridized carbons (Fsp3) is 0.0952. The van der Waals surface area contributed by atoms with Crippen LogP contribution >= 0.6 is 0 Å². The Morgan fingerprint density at radius 3 is 2.43 bits per heavy atom. The quantitative estimate of drug-likeness (QED) is 0.499. The van der Waals surface area contributed by atoms with E-state index in [2.05, 4.69) is 9.97 Å². The number of Topliss-reactive ketones (excluding diaryl/α,β-unsaturated/α-hetero) is 1. The molecule has 4 rings (SSSR count). The fourth-order valence-electron chi connectivity index (χ4n) is 3.03. The van der Waals surface area contributed by atoms with Gasteiger partial charge in [-0.05, 0) is 29.8 Å². The standard InChI is InChI=1S/C21H16N4O3/c26-18(16-5-2-1-3-6-16)14-24-12-4-7-17-19(24)23-21(28)25(20(17)27)13-15-8-10-22-11-9-15/h1-12H,13-14H2. The van der Waals surface area contributed by atoms with Crippen molar-refractivity contribution in [3.63, 3.8) is 0 Å². The van der Waals surface area contributed by atoms with Gasteiger partial charge in [0, 0.05) is 24.2 Å². The molecule has 0 N–H and O–H groups in total. The highest BCUT2D eigenvalue weighted by Gasteiger charge is 2.18. The number of ketones is 1. The minimum atomic E-state index is -0.651. The minimum absolute atomic E-state index is 0.0123. The maximum atomic E-state index is 12.9. The molecule has 1 aromatic heterocycles. The molecule has 28 heavy (non-hydrogen) atoms. The smallest absolute Gasteiger partial charge is 0.324 e. The molecule has 2 aromatic rings. The second kappa shape index (κ2) is 7.40. The van der Waals surface area contributed by atoms with Crippen LogP contribution in [0.5, 0.6) is 0 Å². The van der Waals surface area contributed by atoms with Crippen molar-refractivity contribution in [2.45, 2.75) is 13.1 Å². The summed E-state index contributed by atoms with van der Waals surface area (Å²) in [7, 11) is 0. The third-order valence-corrected chi connectivity index (χ3v) is 4.45. The number of aromatic nitrogens is 4. The first-order chi connectivity index (χ1) is 13.6. The predicted octanol–water partition coefficient (Wildman–Crippen LogP) is 1.84. The molecule has 0 aliphatic carbocycles. The predicted molar refractivity (Wildman–Crippen MR) is 103 cm³/mol. The molecule has 7 heteroatoms. The summed E-state index contributed by atoms with van der Waals surface area (Å²) in [5, 5.41) is 0. The number of fused-ring (bicyclic) bond motifs is 1. The molecule has 138 valence electrons. The van der Waals surface area contributed by atoms with E-state index < -0.39 is 11.2 Å². The number of hydrogen-bond donors (Lipinski definition) is 0. The highest BCUT2D eigenvalue weighted by atomic mass is 16.2. The van der Waals surface area contributed by atoms with Crippen LogP contribution in [0.15, 0.2) is 82.8 Å². The van der Waals surface area contributed by atoms with Crippen molar-refractivity contribution < 1.29 is 4.79 Å². The van der Waals surface area contributed by atoms with E-state index in [1.807, 2.05) is 6.07 Å². The fourth-order valence-corrected chi connectivity index (χ4v) is 3.03. The van der Waals surface area contributed by atoms with Crippen molar-refractivity contribution in [1.82, 2.24) is 19.1 Å². The van der Waals surface area contributed by atoms with Crippen LogP contribution in [0.2, 0.25) is 0 Å². The maximum absolute atomic E-state index is 12.9. The Balaban J connectivity index is 1.74. The van der Waals surface area contributed by atoms with Gasteiger partial charge in [0.2, 0.25) is 0 Å². The van der Waals surface area contributed by atoms with Crippen LogP contribution in [-0.2, 0) is 13.1 Å². The van der Waals surface area contributed by atoms with Crippen LogP contribution in [-0.4, -0.2) is 24.9 Å². The van der Waals surface area contributed by atoms with Crippen LogP contribution in [0.4, 0.5) is 0 Å². The Morgan fingerprint density at radius 2 is 1.68 bits per heavy atom. The van der Waals surface area contributed by atoms with Gasteiger partial charge >= 0.3 is 5.69 Å². The van der Waals surface area contributed by atoms with Crippen LogP contribution in [0.3, 0.4) is 0 Å². The van der Waals surface area contributed by atoms with Gasteiger partial charge in [-0.3, -0.25) is 19.1 Å². The first kappa shape index (κ1) is 17.5. The van der Waals surface area contributed by atoms with Crippen molar-refractivity contribution in [3.05, 3.63) is 105 Å². The van der Waals surface area contributed by atoms with Crippen molar-refractivity contribution in [1.29, 1.82) is 0 Å². The zero-order chi connectivity index (χ0) is 19.5. The zero-order valence-electron chi connectivity index (χ0n) is 14.9. The van der Waals surface area contributed by atoms with Crippen molar-refractivity contribution >= 4 is 5.78 Å². The van der Waals surface area contributed by atoms with Crippen molar-refractivity contribution in [2.75, 3.05) is 0 Å². The summed E-state index contributed by atoms with van der Waals surface area (Å²) in [6.45, 7) is 0.0998. The summed E-state index contributed by atoms with van der Waals surface area (Å²) in [5.74, 6) is 0.0704. The van der Waals surface area contributed by atoms with Gasteiger partial charge in [-0.25, -0.2) is 4.79 Å². The van der Waals surface area contributed by atoms with E-state index in [4.69, 9.17) is 0 Å². The number of benzene rings is 1. The van der Waals surface area contributed by atoms with Crippen LogP contribution in [0, 0.1) is 0 Å². The van der Waals surface area contributed by atoms with Gasteiger partial charge in [0.05, 0.1) is 18.7 Å². The number of pyridine rings is 2. The lowest BCUT2D eigenvalue weighted by Gasteiger charge is -2.14. The molecule has 0 unspecified atom stereocenters. The lowest BCUT2D eigenvalue weighted by molar-refractivity contribution is 0.0972.